The highest BCUT2D eigenvalue weighted by Gasteiger charge is 2.43. The molecule has 1 aliphatic heterocycles. The molecule has 2 aromatic carbocycles. The Morgan fingerprint density at radius 1 is 1.12 bits per heavy atom. The van der Waals surface area contributed by atoms with Gasteiger partial charge in [0.05, 0.1) is 4.53 Å². The first kappa shape index (κ1) is 26.9. The van der Waals surface area contributed by atoms with Crippen LogP contribution in [0.1, 0.15) is 58.9 Å². The molecule has 1 aromatic heterocycles. The van der Waals surface area contributed by atoms with Gasteiger partial charge in [-0.3, -0.25) is 23.9 Å². The van der Waals surface area contributed by atoms with Crippen LogP contribution >= 0.6 is 35.3 Å². The monoisotopic (exact) mass is 588 g/mol. The zero-order chi connectivity index (χ0) is 28.0. The fraction of sp³-hybridized carbons (Fsp3) is 0.290. The molecule has 3 atom stereocenters. The third-order valence-electron chi connectivity index (χ3n) is 8.11. The van der Waals surface area contributed by atoms with E-state index in [1.54, 1.807) is 6.08 Å². The Balaban J connectivity index is 1.45. The largest absolute Gasteiger partial charge is 0.446 e. The standard InChI is InChI=1S/C31H28N2O4S3/c1-3-13-32-29(36)27(40-31(32)38)30-33(16-37-17-34)28(35)25(39-30)15-19-9-12-23-24(14-19)21-5-4-6-22(21)26(23)20-10-7-18(2)8-11-20/h3,7-12,14-15,17,21-22,26H,1,4-6,13,16H2,2H3/b25-15+,30-27+. The first-order valence-electron chi connectivity index (χ1n) is 13.3. The van der Waals surface area contributed by atoms with Gasteiger partial charge in [-0.25, -0.2) is 0 Å². The van der Waals surface area contributed by atoms with Crippen molar-refractivity contribution in [3.05, 3.63) is 102 Å². The molecule has 3 aromatic rings. The number of thioether (sulfide) groups is 1. The second-order valence-electron chi connectivity index (χ2n) is 10.4. The number of carbonyl (C=O) groups is 2. The molecule has 2 fully saturated rings. The van der Waals surface area contributed by atoms with Crippen molar-refractivity contribution in [2.75, 3.05) is 6.54 Å². The number of hydrogen-bond acceptors (Lipinski definition) is 7. The molecule has 0 N–H and O–H groups in total. The fourth-order valence-corrected chi connectivity index (χ4v) is 8.89. The van der Waals surface area contributed by atoms with Crippen LogP contribution in [-0.4, -0.2) is 32.7 Å². The number of fused-ring (bicyclic) bond motifs is 3. The van der Waals surface area contributed by atoms with E-state index in [2.05, 4.69) is 56.0 Å². The van der Waals surface area contributed by atoms with Crippen molar-refractivity contribution < 1.29 is 14.3 Å². The molecule has 2 aliphatic carbocycles. The molecule has 9 heteroatoms. The average Bonchev–Trinajstić information content (AvgIpc) is 3.68. The smallest absolute Gasteiger partial charge is 0.294 e. The third kappa shape index (κ3) is 4.60. The highest BCUT2D eigenvalue weighted by Crippen LogP contribution is 2.57. The van der Waals surface area contributed by atoms with E-state index in [0.717, 1.165) is 17.3 Å². The van der Waals surface area contributed by atoms with Gasteiger partial charge in [-0.15, -0.1) is 17.9 Å². The van der Waals surface area contributed by atoms with E-state index in [4.69, 9.17) is 17.0 Å². The van der Waals surface area contributed by atoms with Crippen molar-refractivity contribution >= 4 is 63.0 Å². The quantitative estimate of drug-likeness (QED) is 0.232. The van der Waals surface area contributed by atoms with Gasteiger partial charge in [0.15, 0.2) is 6.73 Å². The predicted octanol–water partition coefficient (Wildman–Crippen LogP) is 4.36. The van der Waals surface area contributed by atoms with Gasteiger partial charge >= 0.3 is 0 Å². The van der Waals surface area contributed by atoms with Crippen molar-refractivity contribution in [1.29, 1.82) is 0 Å². The zero-order valence-corrected chi connectivity index (χ0v) is 24.4. The Morgan fingerprint density at radius 3 is 2.67 bits per heavy atom. The van der Waals surface area contributed by atoms with Gasteiger partial charge in [0.1, 0.15) is 13.9 Å². The topological polar surface area (TPSA) is 68.6 Å². The van der Waals surface area contributed by atoms with Crippen LogP contribution in [0.4, 0.5) is 0 Å². The predicted molar refractivity (Wildman–Crippen MR) is 164 cm³/mol. The van der Waals surface area contributed by atoms with Gasteiger partial charge in [0.25, 0.3) is 17.9 Å². The minimum absolute atomic E-state index is 0.278. The summed E-state index contributed by atoms with van der Waals surface area (Å²) in [6, 6.07) is 15.5. The second-order valence-corrected chi connectivity index (χ2v) is 13.1. The molecule has 0 spiro atoms. The lowest BCUT2D eigenvalue weighted by atomic mass is 9.83. The van der Waals surface area contributed by atoms with Crippen LogP contribution in [0.15, 0.2) is 59.9 Å². The van der Waals surface area contributed by atoms with E-state index >= 15 is 0 Å². The van der Waals surface area contributed by atoms with Crippen molar-refractivity contribution in [2.45, 2.75) is 44.8 Å². The lowest BCUT2D eigenvalue weighted by Gasteiger charge is -2.20. The van der Waals surface area contributed by atoms with Gasteiger partial charge in [-0.05, 0) is 59.9 Å². The molecule has 6 rings (SSSR count). The summed E-state index contributed by atoms with van der Waals surface area (Å²) in [4.78, 5) is 39.4. The van der Waals surface area contributed by atoms with E-state index in [-0.39, 0.29) is 24.7 Å². The maximum atomic E-state index is 13.5. The van der Waals surface area contributed by atoms with Gasteiger partial charge in [-0.2, -0.15) is 0 Å². The van der Waals surface area contributed by atoms with E-state index in [0.29, 0.717) is 42.6 Å². The normalized spacial score (nSPS) is 23.5. The van der Waals surface area contributed by atoms with Crippen LogP contribution in [0.2, 0.25) is 0 Å². The minimum Gasteiger partial charge on any atom is -0.446 e. The molecule has 204 valence electrons. The summed E-state index contributed by atoms with van der Waals surface area (Å²) in [7, 11) is 0. The maximum Gasteiger partial charge on any atom is 0.294 e. The van der Waals surface area contributed by atoms with Crippen molar-refractivity contribution in [2.24, 2.45) is 5.92 Å². The molecule has 3 aliphatic rings. The number of nitrogens with zero attached hydrogens (tertiary/aromatic N) is 2. The van der Waals surface area contributed by atoms with E-state index in [1.165, 1.54) is 62.3 Å². The summed E-state index contributed by atoms with van der Waals surface area (Å²) in [5, 5.41) is 0. The molecule has 2 heterocycles. The van der Waals surface area contributed by atoms with E-state index in [9.17, 15) is 14.4 Å². The molecular formula is C31H28N2O4S3. The summed E-state index contributed by atoms with van der Waals surface area (Å²) in [5.74, 6) is 1.23. The number of ether oxygens (including phenoxy) is 1. The minimum atomic E-state index is -0.312. The summed E-state index contributed by atoms with van der Waals surface area (Å²) < 4.78 is 7.58. The highest BCUT2D eigenvalue weighted by molar-refractivity contribution is 8.30. The number of thiazole rings is 1. The van der Waals surface area contributed by atoms with Crippen LogP contribution in [-0.2, 0) is 21.1 Å². The Morgan fingerprint density at radius 2 is 1.93 bits per heavy atom. The van der Waals surface area contributed by atoms with Crippen LogP contribution in [0.25, 0.3) is 11.0 Å². The lowest BCUT2D eigenvalue weighted by Crippen LogP contribution is -2.34. The number of amides is 1. The van der Waals surface area contributed by atoms with Crippen LogP contribution in [0.5, 0.6) is 0 Å². The first-order valence-corrected chi connectivity index (χ1v) is 15.3. The molecule has 1 saturated heterocycles. The summed E-state index contributed by atoms with van der Waals surface area (Å²) in [6.07, 6.45) is 7.12. The second kappa shape index (κ2) is 11.0. The number of rotatable bonds is 7. The zero-order valence-electron chi connectivity index (χ0n) is 22.0. The molecule has 3 unspecified atom stereocenters. The fourth-order valence-electron chi connectivity index (χ4n) is 6.37. The van der Waals surface area contributed by atoms with Crippen molar-refractivity contribution in [3.63, 3.8) is 0 Å². The number of aromatic nitrogens is 1. The molecule has 1 amide bonds. The number of benzene rings is 2. The number of thiocarbonyl (C=S) groups is 1. The Hall–Kier alpha value is -3.27. The maximum absolute atomic E-state index is 13.5. The Kier molecular flexibility index (Phi) is 7.37. The number of aryl methyl sites for hydroxylation is 1. The third-order valence-corrected chi connectivity index (χ3v) is 10.8. The number of carbonyl (C=O) groups excluding carboxylic acids is 2. The van der Waals surface area contributed by atoms with Gasteiger partial charge in [0, 0.05) is 12.5 Å². The molecule has 0 bridgehead atoms. The van der Waals surface area contributed by atoms with Gasteiger partial charge in [0.2, 0.25) is 0 Å². The number of hydrogen-bond donors (Lipinski definition) is 0. The van der Waals surface area contributed by atoms with Crippen molar-refractivity contribution in [3.8, 4) is 0 Å². The van der Waals surface area contributed by atoms with Crippen LogP contribution in [0, 0.1) is 12.8 Å². The van der Waals surface area contributed by atoms with E-state index in [1.807, 2.05) is 6.08 Å². The van der Waals surface area contributed by atoms with Crippen molar-refractivity contribution in [1.82, 2.24) is 9.47 Å². The Bertz CT molecular complexity index is 1720. The summed E-state index contributed by atoms with van der Waals surface area (Å²) >= 11 is 7.75. The molecule has 0 radical (unpaired) electrons. The Labute approximate surface area is 245 Å². The first-order chi connectivity index (χ1) is 19.4. The molecule has 6 nitrogen and oxygen atoms in total. The van der Waals surface area contributed by atoms with Gasteiger partial charge in [-0.1, -0.05) is 84.5 Å². The van der Waals surface area contributed by atoms with Gasteiger partial charge < -0.3 is 4.74 Å². The summed E-state index contributed by atoms with van der Waals surface area (Å²) in [6.45, 7) is 6.12. The SMILES string of the molecule is C=CCN1C(=O)/C(=c2\s/c(=C/c3ccc4c(c3)C3CCCC3C4c3ccc(C)cc3)c(=O)n2COC=O)SC1=S. The summed E-state index contributed by atoms with van der Waals surface area (Å²) in [5.41, 5.74) is 6.04. The van der Waals surface area contributed by atoms with Crippen LogP contribution < -0.4 is 14.8 Å². The average molecular weight is 589 g/mol. The highest BCUT2D eigenvalue weighted by atomic mass is 32.2. The van der Waals surface area contributed by atoms with E-state index < -0.39 is 0 Å². The lowest BCUT2D eigenvalue weighted by molar-refractivity contribution is -0.132. The molecular weight excluding hydrogens is 561 g/mol. The van der Waals surface area contributed by atoms with Crippen LogP contribution in [0.3, 0.4) is 0 Å². The molecule has 40 heavy (non-hydrogen) atoms. The molecule has 1 saturated carbocycles.